The molecular formula is C11H18N2. The van der Waals surface area contributed by atoms with E-state index in [9.17, 15) is 0 Å². The lowest BCUT2D eigenvalue weighted by molar-refractivity contribution is 0.687. The quantitative estimate of drug-likeness (QED) is 0.766. The van der Waals surface area contributed by atoms with Gasteiger partial charge in [0.15, 0.2) is 0 Å². The molecule has 0 aliphatic rings. The van der Waals surface area contributed by atoms with Crippen LogP contribution in [0, 0.1) is 6.92 Å². The van der Waals surface area contributed by atoms with Crippen molar-refractivity contribution < 1.29 is 0 Å². The highest BCUT2D eigenvalue weighted by Gasteiger charge is 2.02. The van der Waals surface area contributed by atoms with Crippen molar-refractivity contribution in [2.45, 2.75) is 39.7 Å². The molecule has 13 heavy (non-hydrogen) atoms. The second-order valence-electron chi connectivity index (χ2n) is 3.50. The molecular weight excluding hydrogens is 160 g/mol. The van der Waals surface area contributed by atoms with Gasteiger partial charge in [-0.15, -0.1) is 0 Å². The minimum atomic E-state index is 0.513. The van der Waals surface area contributed by atoms with Crippen LogP contribution < -0.4 is 5.32 Å². The van der Waals surface area contributed by atoms with Crippen molar-refractivity contribution in [3.63, 3.8) is 0 Å². The lowest BCUT2D eigenvalue weighted by atomic mass is 10.2. The minimum absolute atomic E-state index is 0.513. The molecule has 0 saturated carbocycles. The summed E-state index contributed by atoms with van der Waals surface area (Å²) in [6.07, 6.45) is 4.23. The molecule has 1 N–H and O–H groups in total. The maximum absolute atomic E-state index is 4.29. The highest BCUT2D eigenvalue weighted by Crippen LogP contribution is 2.11. The summed E-state index contributed by atoms with van der Waals surface area (Å²) in [5, 5.41) is 3.40. The van der Waals surface area contributed by atoms with E-state index in [1.54, 1.807) is 0 Å². The van der Waals surface area contributed by atoms with E-state index >= 15 is 0 Å². The Morgan fingerprint density at radius 2 is 2.31 bits per heavy atom. The van der Waals surface area contributed by atoms with Crippen molar-refractivity contribution in [1.82, 2.24) is 4.98 Å². The van der Waals surface area contributed by atoms with Gasteiger partial charge in [-0.05, 0) is 31.9 Å². The van der Waals surface area contributed by atoms with Crippen LogP contribution in [-0.2, 0) is 0 Å². The van der Waals surface area contributed by atoms with Gasteiger partial charge in [-0.3, -0.25) is 0 Å². The van der Waals surface area contributed by atoms with Crippen molar-refractivity contribution in [2.75, 3.05) is 5.32 Å². The molecule has 0 amide bonds. The van der Waals surface area contributed by atoms with Gasteiger partial charge in [0.25, 0.3) is 0 Å². The molecule has 1 atom stereocenters. The first-order chi connectivity index (χ1) is 6.24. The summed E-state index contributed by atoms with van der Waals surface area (Å²) in [6.45, 7) is 6.47. The number of hydrogen-bond acceptors (Lipinski definition) is 2. The van der Waals surface area contributed by atoms with E-state index in [4.69, 9.17) is 0 Å². The summed E-state index contributed by atoms with van der Waals surface area (Å²) in [6, 6.07) is 4.55. The van der Waals surface area contributed by atoms with Gasteiger partial charge in [-0.1, -0.05) is 19.4 Å². The number of nitrogens with zero attached hydrogens (tertiary/aromatic N) is 1. The number of nitrogens with one attached hydrogen (secondary N) is 1. The van der Waals surface area contributed by atoms with E-state index in [1.165, 1.54) is 18.4 Å². The number of anilines is 1. The van der Waals surface area contributed by atoms with E-state index in [0.29, 0.717) is 6.04 Å². The fourth-order valence-electron chi connectivity index (χ4n) is 1.38. The van der Waals surface area contributed by atoms with Crippen LogP contribution in [0.2, 0.25) is 0 Å². The molecule has 1 aromatic heterocycles. The van der Waals surface area contributed by atoms with Gasteiger partial charge in [0, 0.05) is 12.2 Å². The van der Waals surface area contributed by atoms with Crippen molar-refractivity contribution in [3.8, 4) is 0 Å². The van der Waals surface area contributed by atoms with Gasteiger partial charge in [0.2, 0.25) is 0 Å². The summed E-state index contributed by atoms with van der Waals surface area (Å²) in [5.74, 6) is 1.02. The molecule has 0 saturated heterocycles. The average Bonchev–Trinajstić information content (AvgIpc) is 2.09. The van der Waals surface area contributed by atoms with E-state index < -0.39 is 0 Å². The molecule has 0 bridgehead atoms. The average molecular weight is 178 g/mol. The Morgan fingerprint density at radius 3 is 2.92 bits per heavy atom. The van der Waals surface area contributed by atoms with Crippen LogP contribution in [0.15, 0.2) is 18.3 Å². The molecule has 1 rings (SSSR count). The summed E-state index contributed by atoms with van der Waals surface area (Å²) in [4.78, 5) is 4.29. The smallest absolute Gasteiger partial charge is 0.129 e. The summed E-state index contributed by atoms with van der Waals surface area (Å²) in [7, 11) is 0. The molecule has 2 heteroatoms. The predicted molar refractivity (Wildman–Crippen MR) is 57.0 cm³/mol. The molecule has 0 fully saturated rings. The molecule has 72 valence electrons. The lowest BCUT2D eigenvalue weighted by Crippen LogP contribution is -2.16. The minimum Gasteiger partial charge on any atom is -0.367 e. The third-order valence-corrected chi connectivity index (χ3v) is 2.11. The molecule has 1 unspecified atom stereocenters. The topological polar surface area (TPSA) is 24.9 Å². The van der Waals surface area contributed by atoms with Gasteiger partial charge >= 0.3 is 0 Å². The first kappa shape index (κ1) is 10.0. The maximum atomic E-state index is 4.29. The molecule has 1 heterocycles. The lowest BCUT2D eigenvalue weighted by Gasteiger charge is -2.14. The number of rotatable bonds is 4. The molecule has 0 radical (unpaired) electrons. The summed E-state index contributed by atoms with van der Waals surface area (Å²) >= 11 is 0. The second-order valence-corrected chi connectivity index (χ2v) is 3.50. The normalized spacial score (nSPS) is 12.5. The number of aromatic nitrogens is 1. The number of pyridine rings is 1. The fourth-order valence-corrected chi connectivity index (χ4v) is 1.38. The maximum Gasteiger partial charge on any atom is 0.129 e. The molecule has 2 nitrogen and oxygen atoms in total. The third-order valence-electron chi connectivity index (χ3n) is 2.11. The van der Waals surface area contributed by atoms with Gasteiger partial charge in [-0.25, -0.2) is 4.98 Å². The Hall–Kier alpha value is -1.05. The fraction of sp³-hybridized carbons (Fsp3) is 0.545. The number of hydrogen-bond donors (Lipinski definition) is 1. The van der Waals surface area contributed by atoms with Crippen molar-refractivity contribution >= 4 is 5.82 Å². The van der Waals surface area contributed by atoms with Crippen molar-refractivity contribution in [2.24, 2.45) is 0 Å². The molecule has 0 aromatic carbocycles. The van der Waals surface area contributed by atoms with Crippen LogP contribution in [0.25, 0.3) is 0 Å². The zero-order valence-corrected chi connectivity index (χ0v) is 8.67. The third kappa shape index (κ3) is 3.05. The molecule has 0 aliphatic carbocycles. The Bertz CT molecular complexity index is 258. The van der Waals surface area contributed by atoms with Crippen molar-refractivity contribution in [1.29, 1.82) is 0 Å². The Balaban J connectivity index is 2.58. The summed E-state index contributed by atoms with van der Waals surface area (Å²) < 4.78 is 0. The van der Waals surface area contributed by atoms with Crippen LogP contribution in [-0.4, -0.2) is 11.0 Å². The first-order valence-corrected chi connectivity index (χ1v) is 4.92. The molecule has 1 aromatic rings. The van der Waals surface area contributed by atoms with Crippen LogP contribution in [0.5, 0.6) is 0 Å². The number of aryl methyl sites for hydroxylation is 1. The van der Waals surface area contributed by atoms with E-state index in [2.05, 4.69) is 37.1 Å². The Kier molecular flexibility index (Phi) is 3.74. The van der Waals surface area contributed by atoms with Gasteiger partial charge in [0.05, 0.1) is 0 Å². The monoisotopic (exact) mass is 178 g/mol. The van der Waals surface area contributed by atoms with E-state index in [-0.39, 0.29) is 0 Å². The highest BCUT2D eigenvalue weighted by molar-refractivity contribution is 5.43. The Labute approximate surface area is 80.4 Å². The zero-order valence-electron chi connectivity index (χ0n) is 8.67. The zero-order chi connectivity index (χ0) is 9.68. The summed E-state index contributed by atoms with van der Waals surface area (Å²) in [5.41, 5.74) is 1.21. The Morgan fingerprint density at radius 1 is 1.54 bits per heavy atom. The SMILES string of the molecule is CCCC(C)Nc1ncccc1C. The molecule has 0 spiro atoms. The van der Waals surface area contributed by atoms with Crippen LogP contribution in [0.1, 0.15) is 32.3 Å². The van der Waals surface area contributed by atoms with Gasteiger partial charge < -0.3 is 5.32 Å². The van der Waals surface area contributed by atoms with E-state index in [1.807, 2.05) is 12.3 Å². The van der Waals surface area contributed by atoms with Crippen LogP contribution >= 0.6 is 0 Å². The first-order valence-electron chi connectivity index (χ1n) is 4.92. The predicted octanol–water partition coefficient (Wildman–Crippen LogP) is 2.99. The van der Waals surface area contributed by atoms with E-state index in [0.717, 1.165) is 5.82 Å². The second kappa shape index (κ2) is 4.85. The standard InChI is InChI=1S/C11H18N2/c1-4-6-10(3)13-11-9(2)7-5-8-12-11/h5,7-8,10H,4,6H2,1-3H3,(H,12,13). The van der Waals surface area contributed by atoms with Gasteiger partial charge in [-0.2, -0.15) is 0 Å². The van der Waals surface area contributed by atoms with Crippen molar-refractivity contribution in [3.05, 3.63) is 23.9 Å². The van der Waals surface area contributed by atoms with Crippen LogP contribution in [0.3, 0.4) is 0 Å². The largest absolute Gasteiger partial charge is 0.367 e. The highest BCUT2D eigenvalue weighted by atomic mass is 15.0. The molecule has 0 aliphatic heterocycles. The van der Waals surface area contributed by atoms with Crippen LogP contribution in [0.4, 0.5) is 5.82 Å². The van der Waals surface area contributed by atoms with Gasteiger partial charge in [0.1, 0.15) is 5.82 Å².